The third-order valence-electron chi connectivity index (χ3n) is 7.35. The van der Waals surface area contributed by atoms with Gasteiger partial charge in [-0.15, -0.1) is 0 Å². The summed E-state index contributed by atoms with van der Waals surface area (Å²) in [7, 11) is -4.19. The molecule has 1 aliphatic rings. The standard InChI is InChI=1S/C36H29NO4S/c1-26-22-24-31(25-23-26)42(39,40)35-32(27-14-6-2-7-15-27)37(30-20-12-5-13-21-30)36(38)34(35)41-33(28-16-8-3-9-17-28)29-18-10-4-11-19-29/h2-25,32-33H,1H3/t32-/m0/s1. The van der Waals surface area contributed by atoms with Crippen LogP contribution in [0.3, 0.4) is 0 Å². The van der Waals surface area contributed by atoms with Gasteiger partial charge in [-0.2, -0.15) is 0 Å². The third-order valence-corrected chi connectivity index (χ3v) is 9.23. The molecule has 42 heavy (non-hydrogen) atoms. The van der Waals surface area contributed by atoms with Crippen molar-refractivity contribution < 1.29 is 17.9 Å². The second-order valence-electron chi connectivity index (χ2n) is 10.2. The summed E-state index contributed by atoms with van der Waals surface area (Å²) in [5, 5.41) is 0. The summed E-state index contributed by atoms with van der Waals surface area (Å²) in [4.78, 5) is 16.1. The van der Waals surface area contributed by atoms with Crippen molar-refractivity contribution in [3.63, 3.8) is 0 Å². The molecule has 0 bridgehead atoms. The number of hydrogen-bond donors (Lipinski definition) is 0. The summed E-state index contributed by atoms with van der Waals surface area (Å²) in [5.41, 5.74) is 3.76. The number of aryl methyl sites for hydroxylation is 1. The van der Waals surface area contributed by atoms with Crippen molar-refractivity contribution in [2.24, 2.45) is 0 Å². The maximum absolute atomic E-state index is 14.6. The van der Waals surface area contributed by atoms with Gasteiger partial charge in [0.1, 0.15) is 17.1 Å². The van der Waals surface area contributed by atoms with Gasteiger partial charge in [0.2, 0.25) is 15.6 Å². The average molecular weight is 572 g/mol. The number of benzene rings is 5. The number of ether oxygens (including phenoxy) is 1. The lowest BCUT2D eigenvalue weighted by molar-refractivity contribution is -0.118. The predicted molar refractivity (Wildman–Crippen MR) is 164 cm³/mol. The van der Waals surface area contributed by atoms with Gasteiger partial charge in [0.15, 0.2) is 0 Å². The molecule has 0 N–H and O–H groups in total. The number of carbonyl (C=O) groups excluding carboxylic acids is 1. The molecule has 6 heteroatoms. The Bertz CT molecular complexity index is 1780. The summed E-state index contributed by atoms with van der Waals surface area (Å²) in [6.45, 7) is 1.90. The molecule has 0 radical (unpaired) electrons. The Morgan fingerprint density at radius 3 is 1.64 bits per heavy atom. The number of amides is 1. The molecule has 0 saturated heterocycles. The maximum Gasteiger partial charge on any atom is 0.295 e. The Morgan fingerprint density at radius 2 is 1.12 bits per heavy atom. The number of hydrogen-bond acceptors (Lipinski definition) is 4. The van der Waals surface area contributed by atoms with Gasteiger partial charge >= 0.3 is 0 Å². The molecule has 5 aromatic carbocycles. The Labute approximate surface area is 246 Å². The summed E-state index contributed by atoms with van der Waals surface area (Å²) in [6.07, 6.45) is -0.721. The van der Waals surface area contributed by atoms with Crippen LogP contribution in [0.2, 0.25) is 0 Å². The number of carbonyl (C=O) groups is 1. The highest BCUT2D eigenvalue weighted by atomic mass is 32.2. The smallest absolute Gasteiger partial charge is 0.295 e. The highest BCUT2D eigenvalue weighted by Crippen LogP contribution is 2.47. The highest BCUT2D eigenvalue weighted by Gasteiger charge is 2.49. The zero-order valence-electron chi connectivity index (χ0n) is 23.0. The van der Waals surface area contributed by atoms with Gasteiger partial charge in [0.05, 0.1) is 4.90 Å². The largest absolute Gasteiger partial charge is 0.474 e. The van der Waals surface area contributed by atoms with E-state index in [9.17, 15) is 13.2 Å². The van der Waals surface area contributed by atoms with E-state index in [2.05, 4.69) is 0 Å². The zero-order valence-corrected chi connectivity index (χ0v) is 23.8. The van der Waals surface area contributed by atoms with Gasteiger partial charge in [-0.3, -0.25) is 9.69 Å². The second kappa shape index (κ2) is 11.5. The number of para-hydroxylation sites is 1. The van der Waals surface area contributed by atoms with Crippen LogP contribution in [0, 0.1) is 6.92 Å². The van der Waals surface area contributed by atoms with Gasteiger partial charge in [0.25, 0.3) is 5.91 Å². The number of anilines is 1. The molecule has 1 heterocycles. The van der Waals surface area contributed by atoms with Crippen molar-refractivity contribution in [3.8, 4) is 0 Å². The van der Waals surface area contributed by atoms with Crippen molar-refractivity contribution in [3.05, 3.63) is 179 Å². The van der Waals surface area contributed by atoms with Crippen molar-refractivity contribution in [1.29, 1.82) is 0 Å². The van der Waals surface area contributed by atoms with E-state index < -0.39 is 27.9 Å². The molecule has 1 amide bonds. The Morgan fingerprint density at radius 1 is 0.643 bits per heavy atom. The van der Waals surface area contributed by atoms with Gasteiger partial charge in [-0.1, -0.05) is 127 Å². The molecule has 208 valence electrons. The van der Waals surface area contributed by atoms with Gasteiger partial charge < -0.3 is 4.74 Å². The lowest BCUT2D eigenvalue weighted by Gasteiger charge is -2.27. The summed E-state index contributed by atoms with van der Waals surface area (Å²) in [6, 6.07) is 43.1. The monoisotopic (exact) mass is 571 g/mol. The maximum atomic E-state index is 14.6. The molecule has 6 rings (SSSR count). The predicted octanol–water partition coefficient (Wildman–Crippen LogP) is 7.57. The van der Waals surface area contributed by atoms with Gasteiger partial charge in [-0.25, -0.2) is 8.42 Å². The minimum atomic E-state index is -4.19. The van der Waals surface area contributed by atoms with Gasteiger partial charge in [0, 0.05) is 5.69 Å². The van der Waals surface area contributed by atoms with Gasteiger partial charge in [-0.05, 0) is 47.9 Å². The molecule has 0 unspecified atom stereocenters. The van der Waals surface area contributed by atoms with Crippen molar-refractivity contribution in [1.82, 2.24) is 0 Å². The van der Waals surface area contributed by atoms with Crippen LogP contribution < -0.4 is 4.90 Å². The fourth-order valence-electron chi connectivity index (χ4n) is 5.29. The molecule has 5 nitrogen and oxygen atoms in total. The summed E-state index contributed by atoms with van der Waals surface area (Å²) < 4.78 is 35.9. The molecule has 0 aromatic heterocycles. The van der Waals surface area contributed by atoms with Crippen molar-refractivity contribution in [2.75, 3.05) is 4.90 Å². The summed E-state index contributed by atoms with van der Waals surface area (Å²) in [5.74, 6) is -0.705. The molecule has 0 saturated carbocycles. The van der Waals surface area contributed by atoms with Crippen LogP contribution in [0.1, 0.15) is 34.4 Å². The first-order chi connectivity index (χ1) is 20.4. The Kier molecular flexibility index (Phi) is 7.46. The van der Waals surface area contributed by atoms with Crippen LogP contribution >= 0.6 is 0 Å². The van der Waals surface area contributed by atoms with E-state index in [-0.39, 0.29) is 15.6 Å². The van der Waals surface area contributed by atoms with E-state index in [1.807, 2.05) is 116 Å². The number of rotatable bonds is 8. The van der Waals surface area contributed by atoms with Crippen LogP contribution in [0.5, 0.6) is 0 Å². The van der Waals surface area contributed by atoms with E-state index in [1.54, 1.807) is 36.4 Å². The van der Waals surface area contributed by atoms with Crippen LogP contribution in [-0.2, 0) is 19.4 Å². The fraction of sp³-hybridized carbons (Fsp3) is 0.0833. The normalized spacial score (nSPS) is 15.3. The Hall–Kier alpha value is -4.94. The quantitative estimate of drug-likeness (QED) is 0.193. The lowest BCUT2D eigenvalue weighted by Crippen LogP contribution is -2.31. The van der Waals surface area contributed by atoms with E-state index >= 15 is 0 Å². The van der Waals surface area contributed by atoms with E-state index in [1.165, 1.54) is 4.90 Å². The average Bonchev–Trinajstić information content (AvgIpc) is 3.34. The first-order valence-corrected chi connectivity index (χ1v) is 15.2. The molecular weight excluding hydrogens is 542 g/mol. The first-order valence-electron chi connectivity index (χ1n) is 13.7. The molecule has 0 spiro atoms. The highest BCUT2D eigenvalue weighted by molar-refractivity contribution is 7.95. The molecule has 1 atom stereocenters. The van der Waals surface area contributed by atoms with Crippen molar-refractivity contribution in [2.45, 2.75) is 24.0 Å². The van der Waals surface area contributed by atoms with E-state index in [0.717, 1.165) is 16.7 Å². The first kappa shape index (κ1) is 27.2. The van der Waals surface area contributed by atoms with Crippen LogP contribution in [-0.4, -0.2) is 14.3 Å². The minimum Gasteiger partial charge on any atom is -0.474 e. The molecular formula is C36H29NO4S. The topological polar surface area (TPSA) is 63.7 Å². The van der Waals surface area contributed by atoms with Crippen LogP contribution in [0.15, 0.2) is 161 Å². The van der Waals surface area contributed by atoms with E-state index in [4.69, 9.17) is 4.74 Å². The van der Waals surface area contributed by atoms with Crippen molar-refractivity contribution >= 4 is 21.4 Å². The van der Waals surface area contributed by atoms with Crippen LogP contribution in [0.25, 0.3) is 0 Å². The number of sulfone groups is 1. The lowest BCUT2D eigenvalue weighted by atomic mass is 10.0. The zero-order chi connectivity index (χ0) is 29.1. The Balaban J connectivity index is 1.61. The second-order valence-corrected chi connectivity index (χ2v) is 12.1. The third kappa shape index (κ3) is 5.13. The number of nitrogens with zero attached hydrogens (tertiary/aromatic N) is 1. The molecule has 5 aromatic rings. The molecule has 1 aliphatic heterocycles. The van der Waals surface area contributed by atoms with Crippen LogP contribution in [0.4, 0.5) is 5.69 Å². The van der Waals surface area contributed by atoms with E-state index in [0.29, 0.717) is 11.3 Å². The minimum absolute atomic E-state index is 0.0803. The summed E-state index contributed by atoms with van der Waals surface area (Å²) >= 11 is 0. The molecule has 0 fully saturated rings. The SMILES string of the molecule is Cc1ccc(S(=O)(=O)C2=C(OC(c3ccccc3)c3ccccc3)C(=O)N(c3ccccc3)[C@H]2c2ccccc2)cc1. The fourth-order valence-corrected chi connectivity index (χ4v) is 6.95. The molecule has 0 aliphatic carbocycles.